The van der Waals surface area contributed by atoms with Gasteiger partial charge in [0.05, 0.1) is 0 Å². The van der Waals surface area contributed by atoms with Crippen LogP contribution in [-0.2, 0) is 32.3 Å². The van der Waals surface area contributed by atoms with Gasteiger partial charge in [0.1, 0.15) is 13.2 Å². The van der Waals surface area contributed by atoms with Gasteiger partial charge in [0, 0.05) is 0 Å². The molecule has 2 rings (SSSR count). The Hall–Kier alpha value is -3.54. The Labute approximate surface area is 170 Å². The number of rotatable bonds is 8. The van der Waals surface area contributed by atoms with Crippen LogP contribution < -0.4 is 0 Å². The zero-order chi connectivity index (χ0) is 21.6. The van der Waals surface area contributed by atoms with E-state index in [2.05, 4.69) is 0 Å². The number of aliphatic carboxylic acids is 2. The lowest BCUT2D eigenvalue weighted by atomic mass is 10.2. The van der Waals surface area contributed by atoms with Gasteiger partial charge >= 0.3 is 11.9 Å². The normalized spacial score (nSPS) is 10.2. The van der Waals surface area contributed by atoms with E-state index < -0.39 is 11.9 Å². The van der Waals surface area contributed by atoms with Crippen LogP contribution in [0.5, 0.6) is 0 Å². The van der Waals surface area contributed by atoms with E-state index in [-0.39, 0.29) is 24.7 Å². The lowest BCUT2D eigenvalue weighted by Gasteiger charge is -2.08. The maximum absolute atomic E-state index is 10.8. The molecule has 0 aromatic heterocycles. The first-order valence-corrected chi connectivity index (χ1v) is 8.99. The van der Waals surface area contributed by atoms with Crippen molar-refractivity contribution in [1.82, 2.24) is 0 Å². The summed E-state index contributed by atoms with van der Waals surface area (Å²) in [5.41, 5.74) is 2.57. The molecular weight excluding hydrogens is 372 g/mol. The number of carboxylic acid groups (broad SMARTS) is 2. The number of ether oxygens (including phenoxy) is 2. The van der Waals surface area contributed by atoms with Crippen molar-refractivity contribution in [1.29, 1.82) is 0 Å². The van der Waals surface area contributed by atoms with Crippen LogP contribution in [0, 0.1) is 0 Å². The Kier molecular flexibility index (Phi) is 10.4. The molecule has 0 atom stereocenters. The lowest BCUT2D eigenvalue weighted by Crippen LogP contribution is -2.06. The molecule has 154 valence electrons. The van der Waals surface area contributed by atoms with Gasteiger partial charge in [0.25, 0.3) is 0 Å². The SMILES string of the molecule is CC(C)=C(OCc1ccccc1)C(=O)O.CC=C(OCc1ccccc1)C(=O)O. The Morgan fingerprint density at radius 3 is 1.59 bits per heavy atom. The monoisotopic (exact) mass is 398 g/mol. The van der Waals surface area contributed by atoms with Gasteiger partial charge in [0.2, 0.25) is 5.76 Å². The number of carbonyl (C=O) groups is 2. The zero-order valence-electron chi connectivity index (χ0n) is 16.8. The average Bonchev–Trinajstić information content (AvgIpc) is 2.70. The van der Waals surface area contributed by atoms with E-state index in [0.717, 1.165) is 11.1 Å². The maximum atomic E-state index is 10.8. The third-order valence-electron chi connectivity index (χ3n) is 3.58. The van der Waals surface area contributed by atoms with E-state index in [9.17, 15) is 9.59 Å². The third-order valence-corrected chi connectivity index (χ3v) is 3.58. The topological polar surface area (TPSA) is 93.1 Å². The summed E-state index contributed by atoms with van der Waals surface area (Å²) in [6.45, 7) is 5.64. The number of carboxylic acids is 2. The molecule has 2 N–H and O–H groups in total. The fourth-order valence-corrected chi connectivity index (χ4v) is 2.15. The quantitative estimate of drug-likeness (QED) is 0.491. The fourth-order valence-electron chi connectivity index (χ4n) is 2.15. The molecular formula is C23H26O6. The zero-order valence-corrected chi connectivity index (χ0v) is 16.8. The summed E-state index contributed by atoms with van der Waals surface area (Å²) in [7, 11) is 0. The van der Waals surface area contributed by atoms with Gasteiger partial charge < -0.3 is 19.7 Å². The Morgan fingerprint density at radius 2 is 1.24 bits per heavy atom. The number of hydrogen-bond acceptors (Lipinski definition) is 4. The molecule has 2 aromatic carbocycles. The molecule has 0 saturated carbocycles. The van der Waals surface area contributed by atoms with Gasteiger partial charge in [-0.1, -0.05) is 60.7 Å². The Morgan fingerprint density at radius 1 is 0.793 bits per heavy atom. The summed E-state index contributed by atoms with van der Waals surface area (Å²) in [5.74, 6) is -2.05. The van der Waals surface area contributed by atoms with Crippen molar-refractivity contribution >= 4 is 11.9 Å². The predicted molar refractivity (Wildman–Crippen MR) is 110 cm³/mol. The molecule has 0 radical (unpaired) electrons. The van der Waals surface area contributed by atoms with Gasteiger partial charge in [-0.05, 0) is 43.5 Å². The summed E-state index contributed by atoms with van der Waals surface area (Å²) in [6, 6.07) is 18.9. The van der Waals surface area contributed by atoms with Crippen LogP contribution >= 0.6 is 0 Å². The van der Waals surface area contributed by atoms with Crippen molar-refractivity contribution in [2.45, 2.75) is 34.0 Å². The molecule has 0 spiro atoms. The van der Waals surface area contributed by atoms with Crippen molar-refractivity contribution < 1.29 is 29.3 Å². The van der Waals surface area contributed by atoms with Crippen molar-refractivity contribution in [3.8, 4) is 0 Å². The third kappa shape index (κ3) is 9.28. The van der Waals surface area contributed by atoms with Crippen LogP contribution in [0.15, 0.2) is 83.8 Å². The Bertz CT molecular complexity index is 834. The molecule has 0 amide bonds. The molecule has 29 heavy (non-hydrogen) atoms. The standard InChI is InChI=1S/C12H14O3.C11H12O3/c1-9(2)11(12(13)14)15-8-10-6-4-3-5-7-10;1-2-10(11(12)13)14-8-9-6-4-3-5-7-9/h3-7H,8H2,1-2H3,(H,13,14);2-7H,8H2,1H3,(H,12,13). The molecule has 2 aromatic rings. The minimum Gasteiger partial charge on any atom is -0.482 e. The first kappa shape index (κ1) is 23.5. The van der Waals surface area contributed by atoms with Crippen LogP contribution in [0.3, 0.4) is 0 Å². The molecule has 0 aliphatic carbocycles. The maximum Gasteiger partial charge on any atom is 0.371 e. The van der Waals surface area contributed by atoms with Gasteiger partial charge in [-0.3, -0.25) is 0 Å². The highest BCUT2D eigenvalue weighted by Crippen LogP contribution is 2.10. The van der Waals surface area contributed by atoms with Crippen LogP contribution in [0.1, 0.15) is 31.9 Å². The predicted octanol–water partition coefficient (Wildman–Crippen LogP) is 4.77. The second kappa shape index (κ2) is 12.8. The van der Waals surface area contributed by atoms with Crippen LogP contribution in [0.2, 0.25) is 0 Å². The van der Waals surface area contributed by atoms with Crippen molar-refractivity contribution in [2.75, 3.05) is 0 Å². The van der Waals surface area contributed by atoms with E-state index in [4.69, 9.17) is 19.7 Å². The molecule has 0 heterocycles. The minimum absolute atomic E-state index is 0.0196. The summed E-state index contributed by atoms with van der Waals surface area (Å²) in [6.07, 6.45) is 1.44. The lowest BCUT2D eigenvalue weighted by molar-refractivity contribution is -0.137. The van der Waals surface area contributed by atoms with Crippen LogP contribution in [0.25, 0.3) is 0 Å². The highest BCUT2D eigenvalue weighted by atomic mass is 16.5. The molecule has 0 aliphatic rings. The molecule has 0 aliphatic heterocycles. The van der Waals surface area contributed by atoms with Gasteiger partial charge in [-0.2, -0.15) is 0 Å². The summed E-state index contributed by atoms with van der Waals surface area (Å²) in [4.78, 5) is 21.3. The summed E-state index contributed by atoms with van der Waals surface area (Å²) in [5, 5.41) is 17.5. The van der Waals surface area contributed by atoms with Crippen molar-refractivity contribution in [3.05, 3.63) is 95.0 Å². The van der Waals surface area contributed by atoms with E-state index >= 15 is 0 Å². The van der Waals surface area contributed by atoms with Crippen LogP contribution in [0.4, 0.5) is 0 Å². The van der Waals surface area contributed by atoms with E-state index in [1.165, 1.54) is 6.08 Å². The second-order valence-electron chi connectivity index (χ2n) is 6.14. The molecule has 6 heteroatoms. The molecule has 0 bridgehead atoms. The fraction of sp³-hybridized carbons (Fsp3) is 0.217. The molecule has 6 nitrogen and oxygen atoms in total. The van der Waals surface area contributed by atoms with Gasteiger partial charge in [-0.15, -0.1) is 0 Å². The first-order chi connectivity index (χ1) is 13.8. The van der Waals surface area contributed by atoms with Crippen molar-refractivity contribution in [3.63, 3.8) is 0 Å². The van der Waals surface area contributed by atoms with E-state index in [0.29, 0.717) is 5.57 Å². The first-order valence-electron chi connectivity index (χ1n) is 8.99. The van der Waals surface area contributed by atoms with E-state index in [1.54, 1.807) is 20.8 Å². The Balaban J connectivity index is 0.000000291. The average molecular weight is 398 g/mol. The smallest absolute Gasteiger partial charge is 0.371 e. The highest BCUT2D eigenvalue weighted by Gasteiger charge is 2.10. The summed E-state index contributed by atoms with van der Waals surface area (Å²) >= 11 is 0. The highest BCUT2D eigenvalue weighted by molar-refractivity contribution is 5.85. The van der Waals surface area contributed by atoms with Gasteiger partial charge in [0.15, 0.2) is 5.76 Å². The molecule has 0 unspecified atom stereocenters. The van der Waals surface area contributed by atoms with Gasteiger partial charge in [-0.25, -0.2) is 9.59 Å². The molecule has 0 fully saturated rings. The molecule has 0 saturated heterocycles. The van der Waals surface area contributed by atoms with Crippen molar-refractivity contribution in [2.24, 2.45) is 0 Å². The summed E-state index contributed by atoms with van der Waals surface area (Å²) < 4.78 is 10.3. The van der Waals surface area contributed by atoms with E-state index in [1.807, 2.05) is 60.7 Å². The number of allylic oxidation sites excluding steroid dienone is 2. The second-order valence-corrected chi connectivity index (χ2v) is 6.14. The largest absolute Gasteiger partial charge is 0.482 e. The minimum atomic E-state index is -1.04. The van der Waals surface area contributed by atoms with Crippen LogP contribution in [-0.4, -0.2) is 22.2 Å². The number of benzene rings is 2. The number of hydrogen-bond donors (Lipinski definition) is 2.